The fourth-order valence-corrected chi connectivity index (χ4v) is 5.01. The Kier molecular flexibility index (Phi) is 5.29. The van der Waals surface area contributed by atoms with Crippen molar-refractivity contribution in [2.24, 2.45) is 0 Å². The average molecular weight is 419 g/mol. The molecule has 10 heteroatoms. The number of methoxy groups -OCH3 is 2. The van der Waals surface area contributed by atoms with Crippen molar-refractivity contribution in [2.75, 3.05) is 27.3 Å². The van der Waals surface area contributed by atoms with E-state index in [-0.39, 0.29) is 16.6 Å². The predicted molar refractivity (Wildman–Crippen MR) is 102 cm³/mol. The van der Waals surface area contributed by atoms with Gasteiger partial charge >= 0.3 is 0 Å². The second-order valence-electron chi connectivity index (χ2n) is 6.65. The summed E-state index contributed by atoms with van der Waals surface area (Å²) < 4.78 is 49.0. The van der Waals surface area contributed by atoms with Crippen LogP contribution in [-0.4, -0.2) is 50.2 Å². The third-order valence-corrected chi connectivity index (χ3v) is 6.92. The SMILES string of the molecule is COc1ccc(OC)c(S(=O)(=O)N2CCC(c3nnc(-c4ccoc4)o3)CC2)c1. The molecule has 0 aliphatic carbocycles. The molecule has 0 bridgehead atoms. The van der Waals surface area contributed by atoms with Crippen LogP contribution in [0.1, 0.15) is 24.7 Å². The van der Waals surface area contributed by atoms with Crippen LogP contribution >= 0.6 is 0 Å². The van der Waals surface area contributed by atoms with Crippen molar-refractivity contribution in [2.45, 2.75) is 23.7 Å². The molecule has 1 aliphatic rings. The first-order valence-electron chi connectivity index (χ1n) is 9.11. The Morgan fingerprint density at radius 3 is 2.55 bits per heavy atom. The molecule has 0 N–H and O–H groups in total. The molecule has 0 unspecified atom stereocenters. The smallest absolute Gasteiger partial charge is 0.250 e. The highest BCUT2D eigenvalue weighted by molar-refractivity contribution is 7.89. The molecular formula is C19H21N3O6S. The number of sulfonamides is 1. The van der Waals surface area contributed by atoms with Gasteiger partial charge in [-0.05, 0) is 31.0 Å². The van der Waals surface area contributed by atoms with E-state index in [9.17, 15) is 8.42 Å². The lowest BCUT2D eigenvalue weighted by Gasteiger charge is -2.30. The third-order valence-electron chi connectivity index (χ3n) is 5.00. The Labute approximate surface area is 168 Å². The summed E-state index contributed by atoms with van der Waals surface area (Å²) in [6.45, 7) is 0.688. The normalized spacial score (nSPS) is 16.1. The highest BCUT2D eigenvalue weighted by Crippen LogP contribution is 2.35. The summed E-state index contributed by atoms with van der Waals surface area (Å²) in [5, 5.41) is 8.18. The monoisotopic (exact) mass is 419 g/mol. The number of aromatic nitrogens is 2. The number of furan rings is 1. The standard InChI is InChI=1S/C19H21N3O6S/c1-25-15-3-4-16(26-2)17(11-15)29(23,24)22-8-5-13(6-9-22)18-20-21-19(28-18)14-7-10-27-12-14/h3-4,7,10-13H,5-6,8-9H2,1-2H3. The van der Waals surface area contributed by atoms with E-state index < -0.39 is 10.0 Å². The molecule has 9 nitrogen and oxygen atoms in total. The summed E-state index contributed by atoms with van der Waals surface area (Å²) in [6.07, 6.45) is 4.24. The highest BCUT2D eigenvalue weighted by atomic mass is 32.2. The second kappa shape index (κ2) is 7.88. The van der Waals surface area contributed by atoms with Crippen LogP contribution in [0, 0.1) is 0 Å². The van der Waals surface area contributed by atoms with Crippen LogP contribution in [-0.2, 0) is 10.0 Å². The van der Waals surface area contributed by atoms with Crippen molar-refractivity contribution in [1.82, 2.24) is 14.5 Å². The van der Waals surface area contributed by atoms with Gasteiger partial charge in [0.2, 0.25) is 15.9 Å². The zero-order valence-electron chi connectivity index (χ0n) is 16.1. The van der Waals surface area contributed by atoms with Crippen LogP contribution in [0.15, 0.2) is 50.5 Å². The van der Waals surface area contributed by atoms with E-state index in [2.05, 4.69) is 10.2 Å². The average Bonchev–Trinajstić information content (AvgIpc) is 3.45. The van der Waals surface area contributed by atoms with Crippen molar-refractivity contribution < 1.29 is 26.7 Å². The van der Waals surface area contributed by atoms with Gasteiger partial charge in [-0.3, -0.25) is 0 Å². The first-order valence-corrected chi connectivity index (χ1v) is 10.5. The zero-order valence-corrected chi connectivity index (χ0v) is 16.9. The minimum absolute atomic E-state index is 0.00167. The fourth-order valence-electron chi connectivity index (χ4n) is 3.37. The summed E-state index contributed by atoms with van der Waals surface area (Å²) >= 11 is 0. The molecule has 2 aromatic heterocycles. The van der Waals surface area contributed by atoms with Crippen LogP contribution in [0.4, 0.5) is 0 Å². The van der Waals surface area contributed by atoms with Gasteiger partial charge in [0.05, 0.1) is 26.0 Å². The van der Waals surface area contributed by atoms with Gasteiger partial charge in [0.1, 0.15) is 22.7 Å². The van der Waals surface area contributed by atoms with E-state index >= 15 is 0 Å². The molecule has 0 saturated carbocycles. The Morgan fingerprint density at radius 1 is 1.10 bits per heavy atom. The van der Waals surface area contributed by atoms with E-state index in [0.717, 1.165) is 0 Å². The molecule has 0 amide bonds. The van der Waals surface area contributed by atoms with Crippen LogP contribution in [0.2, 0.25) is 0 Å². The summed E-state index contributed by atoms with van der Waals surface area (Å²) in [6, 6.07) is 6.48. The molecule has 0 spiro atoms. The fraction of sp³-hybridized carbons (Fsp3) is 0.368. The first kappa shape index (κ1) is 19.5. The van der Waals surface area contributed by atoms with E-state index in [4.69, 9.17) is 18.3 Å². The topological polar surface area (TPSA) is 108 Å². The molecule has 1 fully saturated rings. The quantitative estimate of drug-likeness (QED) is 0.600. The molecule has 0 atom stereocenters. The van der Waals surface area contributed by atoms with Gasteiger partial charge in [0, 0.05) is 25.1 Å². The van der Waals surface area contributed by atoms with Gasteiger partial charge in [0.15, 0.2) is 0 Å². The Hall–Kier alpha value is -2.85. The Morgan fingerprint density at radius 2 is 1.90 bits per heavy atom. The van der Waals surface area contributed by atoms with E-state index in [1.54, 1.807) is 18.2 Å². The van der Waals surface area contributed by atoms with Crippen LogP contribution in [0.3, 0.4) is 0 Å². The van der Waals surface area contributed by atoms with E-state index in [0.29, 0.717) is 49.0 Å². The molecule has 3 aromatic rings. The molecule has 4 rings (SSSR count). The number of rotatable bonds is 6. The van der Waals surface area contributed by atoms with Crippen molar-refractivity contribution in [3.05, 3.63) is 42.7 Å². The summed E-state index contributed by atoms with van der Waals surface area (Å²) in [5.41, 5.74) is 0.717. The van der Waals surface area contributed by atoms with Crippen molar-refractivity contribution >= 4 is 10.0 Å². The molecule has 29 heavy (non-hydrogen) atoms. The van der Waals surface area contributed by atoms with Gasteiger partial charge in [-0.15, -0.1) is 10.2 Å². The molecular weight excluding hydrogens is 398 g/mol. The van der Waals surface area contributed by atoms with Crippen LogP contribution in [0.5, 0.6) is 11.5 Å². The Bertz CT molecular complexity index is 1070. The third kappa shape index (κ3) is 3.73. The maximum atomic E-state index is 13.2. The Balaban J connectivity index is 1.49. The molecule has 1 saturated heterocycles. The molecule has 154 valence electrons. The van der Waals surface area contributed by atoms with Crippen molar-refractivity contribution in [1.29, 1.82) is 0 Å². The number of hydrogen-bond acceptors (Lipinski definition) is 8. The molecule has 1 aliphatic heterocycles. The number of nitrogens with zero attached hydrogens (tertiary/aromatic N) is 3. The maximum absolute atomic E-state index is 13.2. The van der Waals surface area contributed by atoms with Gasteiger partial charge in [-0.1, -0.05) is 0 Å². The van der Waals surface area contributed by atoms with Crippen LogP contribution < -0.4 is 9.47 Å². The van der Waals surface area contributed by atoms with Crippen molar-refractivity contribution in [3.63, 3.8) is 0 Å². The van der Waals surface area contributed by atoms with Crippen molar-refractivity contribution in [3.8, 4) is 23.0 Å². The lowest BCUT2D eigenvalue weighted by Crippen LogP contribution is -2.38. The second-order valence-corrected chi connectivity index (χ2v) is 8.56. The number of benzene rings is 1. The number of ether oxygens (including phenoxy) is 2. The van der Waals surface area contributed by atoms with Gasteiger partial charge < -0.3 is 18.3 Å². The predicted octanol–water partition coefficient (Wildman–Crippen LogP) is 2.92. The summed E-state index contributed by atoms with van der Waals surface area (Å²) in [5.74, 6) is 1.65. The lowest BCUT2D eigenvalue weighted by molar-refractivity contribution is 0.290. The minimum Gasteiger partial charge on any atom is -0.497 e. The maximum Gasteiger partial charge on any atom is 0.250 e. The molecule has 3 heterocycles. The minimum atomic E-state index is -3.72. The molecule has 0 radical (unpaired) electrons. The van der Waals surface area contributed by atoms with Crippen LogP contribution in [0.25, 0.3) is 11.5 Å². The summed E-state index contributed by atoms with van der Waals surface area (Å²) in [4.78, 5) is 0.0952. The summed E-state index contributed by atoms with van der Waals surface area (Å²) in [7, 11) is -0.787. The van der Waals surface area contributed by atoms with E-state index in [1.807, 2.05) is 0 Å². The van der Waals surface area contributed by atoms with Gasteiger partial charge in [-0.2, -0.15) is 4.31 Å². The first-order chi connectivity index (χ1) is 14.0. The van der Waals surface area contributed by atoms with E-state index in [1.165, 1.54) is 37.1 Å². The van der Waals surface area contributed by atoms with Gasteiger partial charge in [-0.25, -0.2) is 8.42 Å². The number of piperidine rings is 1. The zero-order chi connectivity index (χ0) is 20.4. The highest BCUT2D eigenvalue weighted by Gasteiger charge is 2.34. The lowest BCUT2D eigenvalue weighted by atomic mass is 9.98. The number of hydrogen-bond donors (Lipinski definition) is 0. The van der Waals surface area contributed by atoms with Gasteiger partial charge in [0.25, 0.3) is 5.89 Å². The largest absolute Gasteiger partial charge is 0.497 e. The molecule has 1 aromatic carbocycles.